The molecular formula is C18H33N3O5. The third kappa shape index (κ3) is 7.70. The van der Waals surface area contributed by atoms with Crippen molar-refractivity contribution in [2.45, 2.75) is 53.1 Å². The van der Waals surface area contributed by atoms with Crippen LogP contribution < -0.4 is 10.6 Å². The standard InChI is InChI=1S/C18H33N3O5/c1-12(2)10-13(17(24)25)19-16(23)15(18(3,4)5)20-14(22)11-21-6-8-26-9-7-21/h12-13,15H,6-11H2,1-5H3,(H,19,23)(H,20,22)(H,24,25). The van der Waals surface area contributed by atoms with Gasteiger partial charge in [0, 0.05) is 13.1 Å². The summed E-state index contributed by atoms with van der Waals surface area (Å²) in [5.41, 5.74) is -0.550. The number of ether oxygens (including phenoxy) is 1. The minimum absolute atomic E-state index is 0.125. The van der Waals surface area contributed by atoms with E-state index in [0.29, 0.717) is 32.7 Å². The van der Waals surface area contributed by atoms with Crippen molar-refractivity contribution in [3.05, 3.63) is 0 Å². The minimum Gasteiger partial charge on any atom is -0.480 e. The van der Waals surface area contributed by atoms with E-state index in [4.69, 9.17) is 4.74 Å². The van der Waals surface area contributed by atoms with Crippen LogP contribution in [-0.4, -0.2) is 72.7 Å². The molecule has 0 spiro atoms. The Labute approximate surface area is 155 Å². The summed E-state index contributed by atoms with van der Waals surface area (Å²) in [6.45, 7) is 12.0. The van der Waals surface area contributed by atoms with E-state index >= 15 is 0 Å². The predicted molar refractivity (Wildman–Crippen MR) is 97.7 cm³/mol. The molecule has 150 valence electrons. The van der Waals surface area contributed by atoms with Crippen molar-refractivity contribution in [2.24, 2.45) is 11.3 Å². The minimum atomic E-state index is -1.07. The first kappa shape index (κ1) is 22.4. The molecule has 1 aliphatic rings. The van der Waals surface area contributed by atoms with Gasteiger partial charge in [-0.3, -0.25) is 14.5 Å². The summed E-state index contributed by atoms with van der Waals surface area (Å²) in [4.78, 5) is 38.4. The highest BCUT2D eigenvalue weighted by atomic mass is 16.5. The van der Waals surface area contributed by atoms with Gasteiger partial charge in [-0.2, -0.15) is 0 Å². The Balaban J connectivity index is 2.73. The molecule has 8 heteroatoms. The van der Waals surface area contributed by atoms with E-state index in [-0.39, 0.29) is 18.4 Å². The Hall–Kier alpha value is -1.67. The van der Waals surface area contributed by atoms with E-state index in [1.807, 2.05) is 39.5 Å². The smallest absolute Gasteiger partial charge is 0.326 e. The first-order chi connectivity index (χ1) is 12.0. The fraction of sp³-hybridized carbons (Fsp3) is 0.833. The quantitative estimate of drug-likeness (QED) is 0.572. The Bertz CT molecular complexity index is 496. The second-order valence-corrected chi connectivity index (χ2v) is 8.28. The molecule has 1 aliphatic heterocycles. The van der Waals surface area contributed by atoms with Crippen LogP contribution in [0.25, 0.3) is 0 Å². The van der Waals surface area contributed by atoms with Crippen molar-refractivity contribution in [3.63, 3.8) is 0 Å². The summed E-state index contributed by atoms with van der Waals surface area (Å²) < 4.78 is 5.26. The number of aliphatic carboxylic acids is 1. The van der Waals surface area contributed by atoms with E-state index in [1.54, 1.807) is 0 Å². The number of amides is 2. The molecule has 1 rings (SSSR count). The summed E-state index contributed by atoms with van der Waals surface area (Å²) in [5, 5.41) is 14.7. The molecule has 2 amide bonds. The predicted octanol–water partition coefficient (Wildman–Crippen LogP) is 0.465. The number of carboxylic acid groups (broad SMARTS) is 1. The lowest BCUT2D eigenvalue weighted by Gasteiger charge is -2.33. The maximum atomic E-state index is 12.7. The number of rotatable bonds is 8. The lowest BCUT2D eigenvalue weighted by Crippen LogP contribution is -2.58. The molecule has 0 aromatic carbocycles. The van der Waals surface area contributed by atoms with Crippen molar-refractivity contribution in [1.82, 2.24) is 15.5 Å². The molecule has 2 atom stereocenters. The number of carbonyl (C=O) groups is 3. The molecule has 1 saturated heterocycles. The molecule has 0 aliphatic carbocycles. The zero-order chi connectivity index (χ0) is 19.9. The van der Waals surface area contributed by atoms with E-state index in [1.165, 1.54) is 0 Å². The van der Waals surface area contributed by atoms with E-state index in [0.717, 1.165) is 0 Å². The van der Waals surface area contributed by atoms with Crippen LogP contribution in [0.15, 0.2) is 0 Å². The largest absolute Gasteiger partial charge is 0.480 e. The Kier molecular flexibility index (Phi) is 8.49. The van der Waals surface area contributed by atoms with Crippen LogP contribution in [0.5, 0.6) is 0 Å². The first-order valence-corrected chi connectivity index (χ1v) is 9.13. The lowest BCUT2D eigenvalue weighted by molar-refractivity contribution is -0.143. The summed E-state index contributed by atoms with van der Waals surface area (Å²) in [6.07, 6.45) is 0.333. The number of morpholine rings is 1. The molecule has 0 saturated carbocycles. The van der Waals surface area contributed by atoms with Crippen LogP contribution in [0.2, 0.25) is 0 Å². The number of hydrogen-bond donors (Lipinski definition) is 3. The van der Waals surface area contributed by atoms with Gasteiger partial charge < -0.3 is 20.5 Å². The highest BCUT2D eigenvalue weighted by Crippen LogP contribution is 2.20. The lowest BCUT2D eigenvalue weighted by atomic mass is 9.85. The topological polar surface area (TPSA) is 108 Å². The maximum absolute atomic E-state index is 12.7. The number of carbonyl (C=O) groups excluding carboxylic acids is 2. The number of nitrogens with zero attached hydrogens (tertiary/aromatic N) is 1. The summed E-state index contributed by atoms with van der Waals surface area (Å²) in [7, 11) is 0. The zero-order valence-electron chi connectivity index (χ0n) is 16.5. The van der Waals surface area contributed by atoms with Crippen LogP contribution >= 0.6 is 0 Å². The van der Waals surface area contributed by atoms with Crippen LogP contribution in [0, 0.1) is 11.3 Å². The van der Waals surface area contributed by atoms with Gasteiger partial charge in [0.15, 0.2) is 0 Å². The molecule has 0 radical (unpaired) electrons. The second-order valence-electron chi connectivity index (χ2n) is 8.28. The fourth-order valence-electron chi connectivity index (χ4n) is 2.79. The molecule has 26 heavy (non-hydrogen) atoms. The highest BCUT2D eigenvalue weighted by Gasteiger charge is 2.35. The number of hydrogen-bond acceptors (Lipinski definition) is 5. The van der Waals surface area contributed by atoms with E-state index < -0.39 is 29.4 Å². The molecule has 1 heterocycles. The molecule has 0 bridgehead atoms. The average molecular weight is 371 g/mol. The highest BCUT2D eigenvalue weighted by molar-refractivity contribution is 5.91. The van der Waals surface area contributed by atoms with Crippen LogP contribution in [0.3, 0.4) is 0 Å². The van der Waals surface area contributed by atoms with Crippen LogP contribution in [0.1, 0.15) is 41.0 Å². The van der Waals surface area contributed by atoms with Gasteiger partial charge in [-0.25, -0.2) is 4.79 Å². The average Bonchev–Trinajstić information content (AvgIpc) is 2.51. The number of carboxylic acids is 1. The van der Waals surface area contributed by atoms with Crippen molar-refractivity contribution in [3.8, 4) is 0 Å². The maximum Gasteiger partial charge on any atom is 0.326 e. The molecule has 0 aromatic rings. The second kappa shape index (κ2) is 9.87. The van der Waals surface area contributed by atoms with Gasteiger partial charge in [0.1, 0.15) is 12.1 Å². The van der Waals surface area contributed by atoms with Gasteiger partial charge in [0.25, 0.3) is 0 Å². The van der Waals surface area contributed by atoms with Gasteiger partial charge in [0.2, 0.25) is 11.8 Å². The van der Waals surface area contributed by atoms with Gasteiger partial charge >= 0.3 is 5.97 Å². The number of nitrogens with one attached hydrogen (secondary N) is 2. The normalized spacial score (nSPS) is 18.2. The van der Waals surface area contributed by atoms with Gasteiger partial charge in [-0.1, -0.05) is 34.6 Å². The summed E-state index contributed by atoms with van der Waals surface area (Å²) in [5.74, 6) is -1.67. The van der Waals surface area contributed by atoms with Gasteiger partial charge in [-0.05, 0) is 17.8 Å². The molecule has 1 fully saturated rings. The molecule has 8 nitrogen and oxygen atoms in total. The third-order valence-corrected chi connectivity index (χ3v) is 4.23. The van der Waals surface area contributed by atoms with Crippen molar-refractivity contribution in [2.75, 3.05) is 32.8 Å². The van der Waals surface area contributed by atoms with Crippen molar-refractivity contribution < 1.29 is 24.2 Å². The summed E-state index contributed by atoms with van der Waals surface area (Å²) in [6, 6.07) is -1.78. The van der Waals surface area contributed by atoms with E-state index in [9.17, 15) is 19.5 Å². The Morgan fingerprint density at radius 3 is 2.15 bits per heavy atom. The van der Waals surface area contributed by atoms with Gasteiger partial charge in [-0.15, -0.1) is 0 Å². The molecule has 3 N–H and O–H groups in total. The van der Waals surface area contributed by atoms with Crippen LogP contribution in [0.4, 0.5) is 0 Å². The Morgan fingerprint density at radius 2 is 1.69 bits per heavy atom. The molecule has 2 unspecified atom stereocenters. The van der Waals surface area contributed by atoms with Gasteiger partial charge in [0.05, 0.1) is 19.8 Å². The van der Waals surface area contributed by atoms with Crippen molar-refractivity contribution >= 4 is 17.8 Å². The van der Waals surface area contributed by atoms with E-state index in [2.05, 4.69) is 10.6 Å². The third-order valence-electron chi connectivity index (χ3n) is 4.23. The molecule has 0 aromatic heterocycles. The van der Waals surface area contributed by atoms with Crippen LogP contribution in [-0.2, 0) is 19.1 Å². The first-order valence-electron chi connectivity index (χ1n) is 9.13. The SMILES string of the molecule is CC(C)CC(NC(=O)C(NC(=O)CN1CCOCC1)C(C)(C)C)C(=O)O. The molecular weight excluding hydrogens is 338 g/mol. The fourth-order valence-corrected chi connectivity index (χ4v) is 2.79. The zero-order valence-corrected chi connectivity index (χ0v) is 16.5. The van der Waals surface area contributed by atoms with Crippen molar-refractivity contribution in [1.29, 1.82) is 0 Å². The summed E-state index contributed by atoms with van der Waals surface area (Å²) >= 11 is 0. The monoisotopic (exact) mass is 371 g/mol. The Morgan fingerprint density at radius 1 is 1.12 bits per heavy atom.